The third kappa shape index (κ3) is 11.6. The molecule has 7 rings (SSSR count). The predicted molar refractivity (Wildman–Crippen MR) is 278 cm³/mol. The molecule has 0 unspecified atom stereocenters. The minimum atomic E-state index is -0.723. The van der Waals surface area contributed by atoms with Gasteiger partial charge in [0.2, 0.25) is 23.6 Å². The highest BCUT2D eigenvalue weighted by Gasteiger charge is 2.45. The Morgan fingerprint density at radius 2 is 1.23 bits per heavy atom. The number of likely N-dealkylation sites (tertiary alicyclic amines) is 2. The smallest absolute Gasteiger partial charge is 0.246 e. The molecule has 2 aliphatic carbocycles. The molecule has 3 N–H and O–H groups in total. The molecule has 3 heterocycles. The molecule has 3 saturated heterocycles. The second kappa shape index (κ2) is 22.3. The molecule has 13 heteroatoms. The van der Waals surface area contributed by atoms with E-state index in [1.54, 1.807) is 11.9 Å². The number of ketones is 2. The zero-order valence-corrected chi connectivity index (χ0v) is 44.3. The van der Waals surface area contributed by atoms with Crippen molar-refractivity contribution in [3.63, 3.8) is 0 Å². The molecule has 8 atom stereocenters. The minimum absolute atomic E-state index is 0.0179. The fourth-order valence-electron chi connectivity index (χ4n) is 12.0. The van der Waals surface area contributed by atoms with E-state index in [1.807, 2.05) is 67.2 Å². The molecule has 13 nitrogen and oxygen atoms in total. The van der Waals surface area contributed by atoms with Crippen LogP contribution in [0.4, 0.5) is 11.4 Å². The molecular formula is C57H85N7O6. The number of nitrogens with zero attached hydrogens (tertiary/aromatic N) is 4. The number of likely N-dealkylation sites (N-methyl/N-ethyl adjacent to an activating group) is 1. The van der Waals surface area contributed by atoms with Crippen LogP contribution in [0.5, 0.6) is 0 Å². The van der Waals surface area contributed by atoms with Crippen LogP contribution in [0.3, 0.4) is 0 Å². The Morgan fingerprint density at radius 1 is 0.671 bits per heavy atom. The molecule has 3 fully saturated rings. The van der Waals surface area contributed by atoms with Gasteiger partial charge >= 0.3 is 0 Å². The van der Waals surface area contributed by atoms with E-state index in [4.69, 9.17) is 0 Å². The molecule has 3 aliphatic heterocycles. The van der Waals surface area contributed by atoms with Gasteiger partial charge in [-0.05, 0) is 136 Å². The maximum Gasteiger partial charge on any atom is 0.246 e. The van der Waals surface area contributed by atoms with Crippen molar-refractivity contribution in [2.45, 2.75) is 182 Å². The summed E-state index contributed by atoms with van der Waals surface area (Å²) < 4.78 is 0. The molecule has 0 radical (unpaired) electrons. The predicted octanol–water partition coefficient (Wildman–Crippen LogP) is 7.67. The van der Waals surface area contributed by atoms with Gasteiger partial charge in [-0.2, -0.15) is 0 Å². The Morgan fingerprint density at radius 3 is 1.80 bits per heavy atom. The Bertz CT molecular complexity index is 2080. The number of piperazine rings is 1. The van der Waals surface area contributed by atoms with Crippen LogP contribution in [-0.4, -0.2) is 115 Å². The Labute approximate surface area is 419 Å². The molecule has 0 bridgehead atoms. The highest BCUT2D eigenvalue weighted by atomic mass is 16.2. The van der Waals surface area contributed by atoms with E-state index in [0.717, 1.165) is 83.1 Å². The molecule has 70 heavy (non-hydrogen) atoms. The number of carbonyl (C=O) groups excluding carboxylic acids is 6. The third-order valence-electron chi connectivity index (χ3n) is 16.7. The van der Waals surface area contributed by atoms with Crippen LogP contribution < -0.4 is 25.8 Å². The quantitative estimate of drug-likeness (QED) is 0.154. The summed E-state index contributed by atoms with van der Waals surface area (Å²) in [4.78, 5) is 91.4. The molecule has 4 amide bonds. The largest absolute Gasteiger partial charge is 0.368 e. The van der Waals surface area contributed by atoms with Crippen LogP contribution in [0.1, 0.15) is 167 Å². The number of amides is 4. The summed E-state index contributed by atoms with van der Waals surface area (Å²) in [5.74, 6) is -0.930. The molecule has 384 valence electrons. The van der Waals surface area contributed by atoms with E-state index in [1.165, 1.54) is 28.1 Å². The lowest BCUT2D eigenvalue weighted by atomic mass is 9.76. The normalized spacial score (nSPS) is 23.5. The van der Waals surface area contributed by atoms with Crippen molar-refractivity contribution in [2.24, 2.45) is 22.7 Å². The lowest BCUT2D eigenvalue weighted by molar-refractivity contribution is -0.146. The summed E-state index contributed by atoms with van der Waals surface area (Å²) in [7, 11) is 1.76. The van der Waals surface area contributed by atoms with Crippen molar-refractivity contribution in [3.05, 3.63) is 58.7 Å². The van der Waals surface area contributed by atoms with E-state index in [0.29, 0.717) is 38.8 Å². The van der Waals surface area contributed by atoms with Crippen molar-refractivity contribution in [1.29, 1.82) is 0 Å². The van der Waals surface area contributed by atoms with Crippen molar-refractivity contribution < 1.29 is 28.8 Å². The number of Topliss-reactive ketones (excluding diaryl/α,β-unsaturated/α-hetero) is 2. The average Bonchev–Trinajstić information content (AvgIpc) is 4.05. The molecular weight excluding hydrogens is 879 g/mol. The Hall–Kier alpha value is -4.78. The number of rotatable bonds is 16. The van der Waals surface area contributed by atoms with Crippen LogP contribution >= 0.6 is 0 Å². The summed E-state index contributed by atoms with van der Waals surface area (Å²) in [6.07, 6.45) is 9.77. The van der Waals surface area contributed by atoms with Gasteiger partial charge in [-0.15, -0.1) is 0 Å². The maximum absolute atomic E-state index is 14.3. The Balaban J connectivity index is 0.990. The highest BCUT2D eigenvalue weighted by Crippen LogP contribution is 2.42. The summed E-state index contributed by atoms with van der Waals surface area (Å²) in [5.41, 5.74) is 6.65. The standard InChI is InChI=1S/C57H85N7O6/c1-11-36(2)52(67)60-51(57(7,8)9)55(70)64-29-17-27-48(64)53(68)59-44-23-13-22-42-40(44)20-15-25-46(42)62-32-30-61(31-33-62)45-24-14-19-39-38(18-12-21-41(39)45)34-50(66)47-26-16-28-63(47)54(69)43(56(4,5)6)35-49(65)37(3)58-10/h14-15,19-20,24-25,36-38,43-44,47-48,51,58H,11-13,16-18,21-23,26-35H2,1-10H3,(H,59,68)(H,60,67)/t36-,37+,38+,43-,44-,47+,48+,51-/m1/s1. The lowest BCUT2D eigenvalue weighted by Gasteiger charge is -2.41. The average molecular weight is 964 g/mol. The van der Waals surface area contributed by atoms with E-state index >= 15 is 0 Å². The summed E-state index contributed by atoms with van der Waals surface area (Å²) in [6, 6.07) is 10.9. The second-order valence-corrected chi connectivity index (χ2v) is 23.5. The summed E-state index contributed by atoms with van der Waals surface area (Å²) >= 11 is 0. The van der Waals surface area contributed by atoms with E-state index < -0.39 is 34.9 Å². The number of nitrogens with one attached hydrogen (secondary N) is 3. The Kier molecular flexibility index (Phi) is 16.9. The number of hydrogen-bond acceptors (Lipinski definition) is 9. The van der Waals surface area contributed by atoms with Gasteiger partial charge in [0.15, 0.2) is 5.78 Å². The zero-order chi connectivity index (χ0) is 50.7. The number of benzene rings is 2. The first-order valence-corrected chi connectivity index (χ1v) is 26.9. The van der Waals surface area contributed by atoms with E-state index in [-0.39, 0.29) is 65.5 Å². The lowest BCUT2D eigenvalue weighted by Crippen LogP contribution is -2.58. The van der Waals surface area contributed by atoms with Crippen molar-refractivity contribution in [3.8, 4) is 0 Å². The molecule has 2 aromatic carbocycles. The minimum Gasteiger partial charge on any atom is -0.368 e. The molecule has 0 aromatic heterocycles. The number of anilines is 2. The van der Waals surface area contributed by atoms with Crippen LogP contribution in [0.15, 0.2) is 36.4 Å². The van der Waals surface area contributed by atoms with Gasteiger partial charge in [-0.25, -0.2) is 0 Å². The number of carbonyl (C=O) groups is 6. The van der Waals surface area contributed by atoms with Gasteiger partial charge in [0, 0.05) is 75.3 Å². The third-order valence-corrected chi connectivity index (χ3v) is 16.7. The molecule has 0 spiro atoms. The first kappa shape index (κ1) is 53.0. The van der Waals surface area contributed by atoms with Gasteiger partial charge < -0.3 is 35.6 Å². The number of fused-ring (bicyclic) bond motifs is 2. The van der Waals surface area contributed by atoms with Gasteiger partial charge in [-0.1, -0.05) is 79.7 Å². The highest BCUT2D eigenvalue weighted by molar-refractivity contribution is 5.95. The summed E-state index contributed by atoms with van der Waals surface area (Å²) in [6.45, 7) is 22.1. The first-order chi connectivity index (χ1) is 33.2. The van der Waals surface area contributed by atoms with Gasteiger partial charge in [0.05, 0.1) is 18.1 Å². The van der Waals surface area contributed by atoms with Crippen LogP contribution in [0.25, 0.3) is 0 Å². The van der Waals surface area contributed by atoms with Crippen LogP contribution in [0.2, 0.25) is 0 Å². The maximum atomic E-state index is 14.3. The van der Waals surface area contributed by atoms with Crippen molar-refractivity contribution in [1.82, 2.24) is 25.8 Å². The van der Waals surface area contributed by atoms with Crippen molar-refractivity contribution >= 4 is 46.6 Å². The molecule has 2 aromatic rings. The van der Waals surface area contributed by atoms with Crippen molar-refractivity contribution in [2.75, 3.05) is 56.1 Å². The monoisotopic (exact) mass is 964 g/mol. The SMILES string of the molecule is CC[C@@H](C)C(=O)N[C@H](C(=O)N1CCC[C@H]1C(=O)N[C@@H]1CCCc2c1cccc2N1CCN(c2cccc3c2CCC[C@H]3CC(=O)[C@@H]2CCCN2C(=O)[C@@H](CC(=O)[C@H](C)NC)C(C)(C)C)CC1)C(C)(C)C. The number of hydrogen-bond donors (Lipinski definition) is 3. The van der Waals surface area contributed by atoms with E-state index in [2.05, 4.69) is 62.1 Å². The van der Waals surface area contributed by atoms with Gasteiger partial charge in [-0.3, -0.25) is 28.8 Å². The zero-order valence-electron chi connectivity index (χ0n) is 44.3. The second-order valence-electron chi connectivity index (χ2n) is 23.5. The van der Waals surface area contributed by atoms with Crippen LogP contribution in [-0.2, 0) is 41.6 Å². The van der Waals surface area contributed by atoms with Gasteiger partial charge in [0.25, 0.3) is 0 Å². The summed E-state index contributed by atoms with van der Waals surface area (Å²) in [5, 5.41) is 9.45. The topological polar surface area (TPSA) is 151 Å². The van der Waals surface area contributed by atoms with E-state index in [9.17, 15) is 28.8 Å². The molecule has 5 aliphatic rings. The van der Waals surface area contributed by atoms with Crippen LogP contribution in [0, 0.1) is 22.7 Å². The fraction of sp³-hybridized carbons (Fsp3) is 0.684. The first-order valence-electron chi connectivity index (χ1n) is 26.9. The fourth-order valence-corrected chi connectivity index (χ4v) is 12.0. The molecule has 0 saturated carbocycles. The van der Waals surface area contributed by atoms with Gasteiger partial charge in [0.1, 0.15) is 17.9 Å².